The van der Waals surface area contributed by atoms with Gasteiger partial charge in [0.2, 0.25) is 5.91 Å². The number of unbranched alkanes of at least 4 members (excludes halogenated alkanes) is 1. The van der Waals surface area contributed by atoms with E-state index < -0.39 is 0 Å². The minimum absolute atomic E-state index is 0.0109. The average molecular weight is 310 g/mol. The van der Waals surface area contributed by atoms with Crippen molar-refractivity contribution < 1.29 is 9.53 Å². The molecule has 0 spiro atoms. The summed E-state index contributed by atoms with van der Waals surface area (Å²) in [5.41, 5.74) is 0. The first-order chi connectivity index (χ1) is 10.1. The number of carbonyl (C=O) groups is 1. The van der Waals surface area contributed by atoms with Gasteiger partial charge in [0.15, 0.2) is 0 Å². The number of rotatable bonds is 7. The van der Waals surface area contributed by atoms with E-state index in [9.17, 15) is 4.79 Å². The molecular weight excluding hydrogens is 284 g/mol. The number of hydrogen-bond donors (Lipinski definition) is 1. The van der Waals surface area contributed by atoms with Crippen LogP contribution in [0.4, 0.5) is 0 Å². The van der Waals surface area contributed by atoms with E-state index in [1.165, 1.54) is 9.75 Å². The SMILES string of the molecule is CCCCC1NC(c2ccc(C)s2)N(C(C)COC)C1=O. The summed E-state index contributed by atoms with van der Waals surface area (Å²) in [6.07, 6.45) is 3.09. The second-order valence-electron chi connectivity index (χ2n) is 5.76. The largest absolute Gasteiger partial charge is 0.383 e. The van der Waals surface area contributed by atoms with Gasteiger partial charge in [-0.05, 0) is 32.4 Å². The Morgan fingerprint density at radius 3 is 2.81 bits per heavy atom. The van der Waals surface area contributed by atoms with Gasteiger partial charge in [-0.2, -0.15) is 0 Å². The van der Waals surface area contributed by atoms with Gasteiger partial charge in [-0.25, -0.2) is 0 Å². The van der Waals surface area contributed by atoms with Crippen molar-refractivity contribution >= 4 is 17.2 Å². The smallest absolute Gasteiger partial charge is 0.241 e. The molecule has 0 saturated carbocycles. The maximum Gasteiger partial charge on any atom is 0.241 e. The summed E-state index contributed by atoms with van der Waals surface area (Å²) in [6.45, 7) is 6.88. The summed E-state index contributed by atoms with van der Waals surface area (Å²) < 4.78 is 5.25. The predicted octanol–water partition coefficient (Wildman–Crippen LogP) is 3.08. The molecule has 1 aromatic heterocycles. The van der Waals surface area contributed by atoms with Gasteiger partial charge >= 0.3 is 0 Å². The van der Waals surface area contributed by atoms with Crippen molar-refractivity contribution in [2.75, 3.05) is 13.7 Å². The number of nitrogens with one attached hydrogen (secondary N) is 1. The van der Waals surface area contributed by atoms with Crippen LogP contribution in [0.2, 0.25) is 0 Å². The van der Waals surface area contributed by atoms with E-state index in [2.05, 4.69) is 38.2 Å². The summed E-state index contributed by atoms with van der Waals surface area (Å²) in [5.74, 6) is 0.212. The van der Waals surface area contributed by atoms with Crippen LogP contribution in [0.3, 0.4) is 0 Å². The Kier molecular flexibility index (Phi) is 5.79. The molecule has 2 rings (SSSR count). The number of ether oxygens (including phenoxy) is 1. The summed E-state index contributed by atoms with van der Waals surface area (Å²) in [5, 5.41) is 3.53. The second-order valence-corrected chi connectivity index (χ2v) is 7.08. The average Bonchev–Trinajstić information content (AvgIpc) is 3.01. The minimum atomic E-state index is -0.0586. The molecule has 5 heteroatoms. The van der Waals surface area contributed by atoms with Gasteiger partial charge in [0, 0.05) is 16.9 Å². The van der Waals surface area contributed by atoms with E-state index in [1.807, 2.05) is 4.90 Å². The van der Waals surface area contributed by atoms with Crippen molar-refractivity contribution in [2.24, 2.45) is 0 Å². The molecule has 1 amide bonds. The van der Waals surface area contributed by atoms with E-state index in [-0.39, 0.29) is 24.2 Å². The molecule has 4 nitrogen and oxygen atoms in total. The lowest BCUT2D eigenvalue weighted by atomic mass is 10.1. The molecule has 3 atom stereocenters. The highest BCUT2D eigenvalue weighted by atomic mass is 32.1. The molecule has 2 heterocycles. The molecule has 1 fully saturated rings. The van der Waals surface area contributed by atoms with Gasteiger partial charge in [0.25, 0.3) is 0 Å². The molecule has 0 bridgehead atoms. The maximum absolute atomic E-state index is 12.7. The lowest BCUT2D eigenvalue weighted by molar-refractivity contribution is -0.133. The van der Waals surface area contributed by atoms with Crippen molar-refractivity contribution in [2.45, 2.75) is 58.3 Å². The van der Waals surface area contributed by atoms with E-state index in [1.54, 1.807) is 18.4 Å². The van der Waals surface area contributed by atoms with Crippen molar-refractivity contribution in [3.63, 3.8) is 0 Å². The van der Waals surface area contributed by atoms with Crippen molar-refractivity contribution in [1.82, 2.24) is 10.2 Å². The standard InChI is InChI=1S/C16H26N2O2S/c1-5-6-7-13-16(19)18(11(2)10-20-4)15(17-13)14-9-8-12(3)21-14/h8-9,11,13,15,17H,5-7,10H2,1-4H3. The zero-order valence-electron chi connectivity index (χ0n) is 13.4. The van der Waals surface area contributed by atoms with Gasteiger partial charge in [-0.3, -0.25) is 10.1 Å². The van der Waals surface area contributed by atoms with E-state index >= 15 is 0 Å². The summed E-state index contributed by atoms with van der Waals surface area (Å²) >= 11 is 1.75. The Bertz CT molecular complexity index is 475. The number of methoxy groups -OCH3 is 1. The van der Waals surface area contributed by atoms with Crippen LogP contribution in [0.25, 0.3) is 0 Å². The first kappa shape index (κ1) is 16.5. The van der Waals surface area contributed by atoms with Gasteiger partial charge in [0.05, 0.1) is 18.7 Å². The van der Waals surface area contributed by atoms with Crippen molar-refractivity contribution in [3.8, 4) is 0 Å². The van der Waals surface area contributed by atoms with E-state index in [4.69, 9.17) is 4.74 Å². The molecule has 118 valence electrons. The van der Waals surface area contributed by atoms with Crippen LogP contribution in [0.15, 0.2) is 12.1 Å². The Balaban J connectivity index is 2.20. The Hall–Kier alpha value is -0.910. The van der Waals surface area contributed by atoms with E-state index in [0.717, 1.165) is 19.3 Å². The highest BCUT2D eigenvalue weighted by molar-refractivity contribution is 7.12. The second kappa shape index (κ2) is 7.38. The van der Waals surface area contributed by atoms with Crippen LogP contribution in [0.5, 0.6) is 0 Å². The van der Waals surface area contributed by atoms with Gasteiger partial charge in [-0.15, -0.1) is 11.3 Å². The Labute approximate surface area is 131 Å². The zero-order chi connectivity index (χ0) is 15.4. The Morgan fingerprint density at radius 2 is 2.24 bits per heavy atom. The number of thiophene rings is 1. The number of hydrogen-bond acceptors (Lipinski definition) is 4. The maximum atomic E-state index is 12.7. The van der Waals surface area contributed by atoms with Crippen LogP contribution >= 0.6 is 11.3 Å². The fraction of sp³-hybridized carbons (Fsp3) is 0.688. The monoisotopic (exact) mass is 310 g/mol. The molecule has 3 unspecified atom stereocenters. The third-order valence-electron chi connectivity index (χ3n) is 3.95. The molecule has 1 aromatic rings. The summed E-state index contributed by atoms with van der Waals surface area (Å²) in [4.78, 5) is 17.2. The number of aryl methyl sites for hydroxylation is 1. The van der Waals surface area contributed by atoms with Crippen LogP contribution in [0.1, 0.15) is 49.0 Å². The molecular formula is C16H26N2O2S. The van der Waals surface area contributed by atoms with Gasteiger partial charge in [-0.1, -0.05) is 19.8 Å². The predicted molar refractivity (Wildman–Crippen MR) is 86.4 cm³/mol. The first-order valence-corrected chi connectivity index (χ1v) is 8.53. The van der Waals surface area contributed by atoms with Crippen LogP contribution < -0.4 is 5.32 Å². The summed E-state index contributed by atoms with van der Waals surface area (Å²) in [7, 11) is 1.68. The number of amides is 1. The lowest BCUT2D eigenvalue weighted by Gasteiger charge is -2.29. The van der Waals surface area contributed by atoms with Gasteiger partial charge < -0.3 is 9.64 Å². The topological polar surface area (TPSA) is 41.6 Å². The minimum Gasteiger partial charge on any atom is -0.383 e. The molecule has 0 radical (unpaired) electrons. The zero-order valence-corrected chi connectivity index (χ0v) is 14.2. The normalized spacial score (nSPS) is 23.8. The number of carbonyl (C=O) groups excluding carboxylic acids is 1. The molecule has 21 heavy (non-hydrogen) atoms. The fourth-order valence-electron chi connectivity index (χ4n) is 2.88. The first-order valence-electron chi connectivity index (χ1n) is 7.72. The van der Waals surface area contributed by atoms with Crippen molar-refractivity contribution in [1.29, 1.82) is 0 Å². The number of nitrogens with zero attached hydrogens (tertiary/aromatic N) is 1. The lowest BCUT2D eigenvalue weighted by Crippen LogP contribution is -2.40. The quantitative estimate of drug-likeness (QED) is 0.841. The highest BCUT2D eigenvalue weighted by Gasteiger charge is 2.41. The fourth-order valence-corrected chi connectivity index (χ4v) is 3.81. The van der Waals surface area contributed by atoms with Crippen LogP contribution in [0, 0.1) is 6.92 Å². The third kappa shape index (κ3) is 3.65. The van der Waals surface area contributed by atoms with Gasteiger partial charge in [0.1, 0.15) is 6.17 Å². The molecule has 1 saturated heterocycles. The third-order valence-corrected chi connectivity index (χ3v) is 5.00. The van der Waals surface area contributed by atoms with Crippen LogP contribution in [-0.2, 0) is 9.53 Å². The van der Waals surface area contributed by atoms with Crippen molar-refractivity contribution in [3.05, 3.63) is 21.9 Å². The van der Waals surface area contributed by atoms with Crippen LogP contribution in [-0.4, -0.2) is 36.6 Å². The molecule has 1 aliphatic rings. The molecule has 1 N–H and O–H groups in total. The molecule has 0 aromatic carbocycles. The Morgan fingerprint density at radius 1 is 1.48 bits per heavy atom. The van der Waals surface area contributed by atoms with E-state index in [0.29, 0.717) is 6.61 Å². The summed E-state index contributed by atoms with van der Waals surface area (Å²) in [6, 6.07) is 4.26. The highest BCUT2D eigenvalue weighted by Crippen LogP contribution is 2.33. The molecule has 1 aliphatic heterocycles. The molecule has 0 aliphatic carbocycles.